The monoisotopic (exact) mass is 496 g/mol. The summed E-state index contributed by atoms with van der Waals surface area (Å²) < 4.78 is 6.03. The van der Waals surface area contributed by atoms with Gasteiger partial charge in [0.2, 0.25) is 0 Å². The molecule has 4 N–H and O–H groups in total. The van der Waals surface area contributed by atoms with E-state index in [1.54, 1.807) is 0 Å². The normalized spacial score (nSPS) is 13.1. The smallest absolute Gasteiger partial charge is 0.404 e. The van der Waals surface area contributed by atoms with E-state index in [1.165, 1.54) is 0 Å². The molecule has 0 radical (unpaired) electrons. The van der Waals surface area contributed by atoms with Gasteiger partial charge in [-0.2, -0.15) is 0 Å². The highest BCUT2D eigenvalue weighted by atomic mass is 35.5. The van der Waals surface area contributed by atoms with Gasteiger partial charge >= 0.3 is 6.09 Å². The summed E-state index contributed by atoms with van der Waals surface area (Å²) in [5, 5.41) is 25.6. The first-order valence-electron chi connectivity index (χ1n) is 11.6. The van der Waals surface area contributed by atoms with E-state index in [0.29, 0.717) is 25.3 Å². The van der Waals surface area contributed by atoms with Crippen molar-refractivity contribution in [2.45, 2.75) is 50.4 Å². The minimum absolute atomic E-state index is 0.215. The topological polar surface area (TPSA) is 90.8 Å². The van der Waals surface area contributed by atoms with Gasteiger partial charge in [0.05, 0.1) is 17.0 Å². The maximum Gasteiger partial charge on any atom is 0.404 e. The van der Waals surface area contributed by atoms with Crippen molar-refractivity contribution in [2.75, 3.05) is 6.54 Å². The molecule has 0 saturated heterocycles. The number of carboxylic acid groups (broad SMARTS) is 1. The van der Waals surface area contributed by atoms with Crippen LogP contribution in [0.3, 0.4) is 0 Å². The number of aliphatic hydroxyl groups is 1. The van der Waals surface area contributed by atoms with Gasteiger partial charge in [-0.1, -0.05) is 66.7 Å². The zero-order chi connectivity index (χ0) is 25.3. The molecule has 186 valence electrons. The van der Waals surface area contributed by atoms with Crippen LogP contribution < -0.4 is 15.4 Å². The molecule has 0 aliphatic heterocycles. The molecule has 0 fully saturated rings. The molecule has 7 heteroatoms. The van der Waals surface area contributed by atoms with E-state index >= 15 is 0 Å². The summed E-state index contributed by atoms with van der Waals surface area (Å²) in [6.45, 7) is 4.98. The van der Waals surface area contributed by atoms with Crippen LogP contribution in [0.25, 0.3) is 0 Å². The Morgan fingerprint density at radius 1 is 0.971 bits per heavy atom. The van der Waals surface area contributed by atoms with Gasteiger partial charge < -0.3 is 25.6 Å². The van der Waals surface area contributed by atoms with Gasteiger partial charge in [-0.25, -0.2) is 4.79 Å². The fourth-order valence-corrected chi connectivity index (χ4v) is 3.86. The van der Waals surface area contributed by atoms with Crippen molar-refractivity contribution in [1.82, 2.24) is 10.6 Å². The third-order valence-electron chi connectivity index (χ3n) is 5.66. The third-order valence-corrected chi connectivity index (χ3v) is 5.87. The van der Waals surface area contributed by atoms with Crippen molar-refractivity contribution in [2.24, 2.45) is 0 Å². The van der Waals surface area contributed by atoms with Gasteiger partial charge in [0.15, 0.2) is 0 Å². The maximum atomic E-state index is 11.3. The number of rotatable bonds is 12. The summed E-state index contributed by atoms with van der Waals surface area (Å²) >= 11 is 6.59. The fraction of sp³-hybridized carbons (Fsp3) is 0.321. The number of ether oxygens (including phenoxy) is 1. The largest absolute Gasteiger partial charge is 0.489 e. The Morgan fingerprint density at radius 3 is 2.20 bits per heavy atom. The minimum Gasteiger partial charge on any atom is -0.489 e. The average molecular weight is 497 g/mol. The summed E-state index contributed by atoms with van der Waals surface area (Å²) in [4.78, 5) is 10.7. The maximum absolute atomic E-state index is 11.3. The van der Waals surface area contributed by atoms with Crippen LogP contribution in [0.5, 0.6) is 5.75 Å². The van der Waals surface area contributed by atoms with Crippen LogP contribution in [-0.2, 0) is 24.4 Å². The Kier molecular flexibility index (Phi) is 9.55. The van der Waals surface area contributed by atoms with Crippen LogP contribution in [0.4, 0.5) is 4.79 Å². The van der Waals surface area contributed by atoms with Gasteiger partial charge in [-0.3, -0.25) is 0 Å². The van der Waals surface area contributed by atoms with Crippen molar-refractivity contribution in [3.63, 3.8) is 0 Å². The number of benzene rings is 3. The lowest BCUT2D eigenvalue weighted by Gasteiger charge is -2.24. The quantitative estimate of drug-likeness (QED) is 0.263. The highest BCUT2D eigenvalue weighted by molar-refractivity contribution is 6.23. The van der Waals surface area contributed by atoms with Gasteiger partial charge in [0.25, 0.3) is 0 Å². The first-order chi connectivity index (χ1) is 16.7. The minimum atomic E-state index is -1.16. The Labute approximate surface area is 211 Å². The first-order valence-corrected chi connectivity index (χ1v) is 12.0. The Hall–Kier alpha value is -3.06. The lowest BCUT2D eigenvalue weighted by molar-refractivity contribution is 0.117. The Bertz CT molecular complexity index is 1070. The number of aliphatic hydroxyl groups excluding tert-OH is 1. The number of halogens is 1. The molecule has 0 heterocycles. The molecule has 0 saturated carbocycles. The molecule has 0 aliphatic rings. The van der Waals surface area contributed by atoms with E-state index in [4.69, 9.17) is 16.3 Å². The van der Waals surface area contributed by atoms with E-state index in [2.05, 4.69) is 10.6 Å². The lowest BCUT2D eigenvalue weighted by Crippen LogP contribution is -2.48. The summed E-state index contributed by atoms with van der Waals surface area (Å²) in [6.07, 6.45) is -1.68. The van der Waals surface area contributed by atoms with Crippen molar-refractivity contribution < 1.29 is 19.7 Å². The molecular formula is C28H33ClN2O4. The first kappa shape index (κ1) is 26.5. The Balaban J connectivity index is 1.64. The molecule has 35 heavy (non-hydrogen) atoms. The molecule has 0 bridgehead atoms. The van der Waals surface area contributed by atoms with E-state index in [0.717, 1.165) is 22.3 Å². The highest BCUT2D eigenvalue weighted by Gasteiger charge is 2.22. The SMILES string of the molecule is CC(C)(Cl)c1cc(CNC[C@@H](O)C(Cc2ccccc2)NC(=O)O)cc(OCc2ccccc2)c1. The second-order valence-electron chi connectivity index (χ2n) is 9.06. The number of carbonyl (C=O) groups is 1. The van der Waals surface area contributed by atoms with Crippen molar-refractivity contribution in [1.29, 1.82) is 0 Å². The van der Waals surface area contributed by atoms with E-state index in [9.17, 15) is 15.0 Å². The number of amides is 1. The summed E-state index contributed by atoms with van der Waals surface area (Å²) in [5.41, 5.74) is 3.90. The summed E-state index contributed by atoms with van der Waals surface area (Å²) in [5.74, 6) is 0.715. The molecule has 1 unspecified atom stereocenters. The molecule has 1 amide bonds. The van der Waals surface area contributed by atoms with Crippen LogP contribution in [0, 0.1) is 0 Å². The molecular weight excluding hydrogens is 464 g/mol. The van der Waals surface area contributed by atoms with Crippen LogP contribution in [-0.4, -0.2) is 35.0 Å². The molecule has 6 nitrogen and oxygen atoms in total. The predicted octanol–water partition coefficient (Wildman–Crippen LogP) is 5.07. The average Bonchev–Trinajstić information content (AvgIpc) is 2.83. The summed E-state index contributed by atoms with van der Waals surface area (Å²) in [7, 11) is 0. The number of hydrogen-bond donors (Lipinski definition) is 4. The van der Waals surface area contributed by atoms with Crippen LogP contribution in [0.15, 0.2) is 78.9 Å². The fourth-order valence-electron chi connectivity index (χ4n) is 3.75. The Morgan fingerprint density at radius 2 is 1.60 bits per heavy atom. The molecule has 3 rings (SSSR count). The second kappa shape index (κ2) is 12.6. The lowest BCUT2D eigenvalue weighted by atomic mass is 9.99. The number of nitrogens with one attached hydrogen (secondary N) is 2. The predicted molar refractivity (Wildman–Crippen MR) is 139 cm³/mol. The van der Waals surface area contributed by atoms with E-state index < -0.39 is 23.1 Å². The zero-order valence-corrected chi connectivity index (χ0v) is 20.8. The van der Waals surface area contributed by atoms with Crippen LogP contribution in [0.2, 0.25) is 0 Å². The van der Waals surface area contributed by atoms with Gasteiger partial charge in [-0.05, 0) is 54.7 Å². The molecule has 0 aromatic heterocycles. The third kappa shape index (κ3) is 8.91. The highest BCUT2D eigenvalue weighted by Crippen LogP contribution is 2.31. The standard InChI is InChI=1S/C28H33ClN2O4/c1-28(2,29)23-13-22(14-24(16-23)35-19-21-11-7-4-8-12-21)17-30-18-26(32)25(31-27(33)34)15-20-9-5-3-6-10-20/h3-14,16,25-26,30-32H,15,17-19H2,1-2H3,(H,33,34)/t25?,26-/m1/s1. The van der Waals surface area contributed by atoms with Crippen molar-refractivity contribution >= 4 is 17.7 Å². The molecule has 2 atom stereocenters. The molecule has 0 aliphatic carbocycles. The van der Waals surface area contributed by atoms with E-state index in [-0.39, 0.29) is 6.54 Å². The van der Waals surface area contributed by atoms with E-state index in [1.807, 2.05) is 92.7 Å². The van der Waals surface area contributed by atoms with Crippen LogP contribution >= 0.6 is 11.6 Å². The molecule has 0 spiro atoms. The van der Waals surface area contributed by atoms with Gasteiger partial charge in [0, 0.05) is 13.1 Å². The number of alkyl halides is 1. The van der Waals surface area contributed by atoms with Crippen molar-refractivity contribution in [3.05, 3.63) is 101 Å². The molecule has 3 aromatic rings. The molecule has 3 aromatic carbocycles. The van der Waals surface area contributed by atoms with Gasteiger partial charge in [0.1, 0.15) is 12.4 Å². The van der Waals surface area contributed by atoms with Gasteiger partial charge in [-0.15, -0.1) is 11.6 Å². The summed E-state index contributed by atoms with van der Waals surface area (Å²) in [6, 6.07) is 24.7. The second-order valence-corrected chi connectivity index (χ2v) is 10.0. The number of hydrogen-bond acceptors (Lipinski definition) is 4. The van der Waals surface area contributed by atoms with Crippen molar-refractivity contribution in [3.8, 4) is 5.75 Å². The zero-order valence-electron chi connectivity index (χ0n) is 20.1. The van der Waals surface area contributed by atoms with Crippen LogP contribution in [0.1, 0.15) is 36.1 Å².